The van der Waals surface area contributed by atoms with E-state index in [0.29, 0.717) is 48.8 Å². The van der Waals surface area contributed by atoms with Crippen LogP contribution in [0.4, 0.5) is 0 Å². The molecule has 0 heterocycles. The molecule has 0 aromatic carbocycles. The summed E-state index contributed by atoms with van der Waals surface area (Å²) in [5, 5.41) is 20.7. The third-order valence-corrected chi connectivity index (χ3v) is 11.2. The number of allylic oxidation sites excluding steroid dienone is 2. The van der Waals surface area contributed by atoms with Crippen LogP contribution < -0.4 is 0 Å². The van der Waals surface area contributed by atoms with Crippen molar-refractivity contribution in [3.8, 4) is 0 Å². The molecule has 0 spiro atoms. The van der Waals surface area contributed by atoms with Crippen molar-refractivity contribution in [2.24, 2.45) is 39.4 Å². The Hall–Kier alpha value is -2.08. The molecule has 4 aliphatic rings. The molecule has 0 aliphatic heterocycles. The number of Topliss-reactive ketones (excluding diaryl/α,β-unsaturated/α-hetero) is 3. The Morgan fingerprint density at radius 2 is 1.75 bits per heavy atom. The zero-order valence-electron chi connectivity index (χ0n) is 22.9. The van der Waals surface area contributed by atoms with E-state index in [9.17, 15) is 24.3 Å². The van der Waals surface area contributed by atoms with Gasteiger partial charge in [-0.25, -0.2) is 4.79 Å². The topological polar surface area (TPSA) is 109 Å². The first kappa shape index (κ1) is 27.0. The second kappa shape index (κ2) is 8.47. The van der Waals surface area contributed by atoms with Gasteiger partial charge in [0.15, 0.2) is 5.78 Å². The summed E-state index contributed by atoms with van der Waals surface area (Å²) in [6.07, 6.45) is 4.13. The predicted molar refractivity (Wildman–Crippen MR) is 136 cm³/mol. The lowest BCUT2D eigenvalue weighted by molar-refractivity contribution is -0.146. The van der Waals surface area contributed by atoms with Gasteiger partial charge >= 0.3 is 5.97 Å². The lowest BCUT2D eigenvalue weighted by Gasteiger charge is -2.60. The van der Waals surface area contributed by atoms with Gasteiger partial charge in [-0.1, -0.05) is 40.7 Å². The van der Waals surface area contributed by atoms with Gasteiger partial charge in [-0.3, -0.25) is 14.4 Å². The summed E-state index contributed by atoms with van der Waals surface area (Å²) in [5.74, 6) is -0.703. The fraction of sp³-hybridized carbons (Fsp3) is 0.733. The number of fused-ring (bicyclic) bond motifs is 4. The standard InChI is InChI=1S/C30H42O6/c1-16(9-8-10-17(2)26(35)36)18-13-23(34)30(7)25-19(31)14-21-27(3,4)22(33)11-12-28(21,5)24(25)20(32)15-29(18,30)6/h10,16,18-19,21,31H,8-9,11-15H2,1-7H3,(H,35,36)/t16-,18-,19+,21?,28+,29-,30+/m1/s1. The average Bonchev–Trinajstić information content (AvgIpc) is 2.99. The maximum Gasteiger partial charge on any atom is 0.330 e. The third kappa shape index (κ3) is 3.46. The molecule has 0 amide bonds. The minimum Gasteiger partial charge on any atom is -0.478 e. The smallest absolute Gasteiger partial charge is 0.330 e. The van der Waals surface area contributed by atoms with E-state index in [2.05, 4.69) is 20.8 Å². The van der Waals surface area contributed by atoms with Crippen LogP contribution in [0.3, 0.4) is 0 Å². The number of carbonyl (C=O) groups excluding carboxylic acids is 3. The van der Waals surface area contributed by atoms with Crippen LogP contribution in [0.2, 0.25) is 0 Å². The van der Waals surface area contributed by atoms with Crippen LogP contribution in [-0.2, 0) is 19.2 Å². The fourth-order valence-electron chi connectivity index (χ4n) is 8.77. The first-order valence-electron chi connectivity index (χ1n) is 13.5. The Labute approximate surface area is 214 Å². The Kier molecular flexibility index (Phi) is 6.35. The highest BCUT2D eigenvalue weighted by molar-refractivity contribution is 6.05. The van der Waals surface area contributed by atoms with Crippen LogP contribution in [0.15, 0.2) is 22.8 Å². The molecule has 198 valence electrons. The van der Waals surface area contributed by atoms with Crippen molar-refractivity contribution in [2.75, 3.05) is 0 Å². The third-order valence-electron chi connectivity index (χ3n) is 11.2. The minimum absolute atomic E-state index is 0.0230. The largest absolute Gasteiger partial charge is 0.478 e. The van der Waals surface area contributed by atoms with E-state index in [1.165, 1.54) is 0 Å². The van der Waals surface area contributed by atoms with E-state index >= 15 is 0 Å². The number of aliphatic carboxylic acids is 1. The molecule has 36 heavy (non-hydrogen) atoms. The van der Waals surface area contributed by atoms with Crippen LogP contribution in [0, 0.1) is 39.4 Å². The van der Waals surface area contributed by atoms with Gasteiger partial charge in [-0.2, -0.15) is 0 Å². The van der Waals surface area contributed by atoms with E-state index in [0.717, 1.165) is 6.42 Å². The van der Waals surface area contributed by atoms with Crippen molar-refractivity contribution >= 4 is 23.3 Å². The lowest BCUT2D eigenvalue weighted by Crippen LogP contribution is -2.60. The molecule has 0 aromatic rings. The number of carboxylic acid groups (broad SMARTS) is 1. The number of hydrogen-bond donors (Lipinski definition) is 2. The predicted octanol–water partition coefficient (Wildman–Crippen LogP) is 5.08. The number of rotatable bonds is 5. The Morgan fingerprint density at radius 3 is 2.36 bits per heavy atom. The van der Waals surface area contributed by atoms with E-state index in [4.69, 9.17) is 5.11 Å². The van der Waals surface area contributed by atoms with E-state index in [1.54, 1.807) is 13.0 Å². The second-order valence-electron chi connectivity index (χ2n) is 13.3. The monoisotopic (exact) mass is 498 g/mol. The van der Waals surface area contributed by atoms with Gasteiger partial charge in [0.05, 0.1) is 11.5 Å². The maximum absolute atomic E-state index is 14.0. The molecular formula is C30H42O6. The summed E-state index contributed by atoms with van der Waals surface area (Å²) in [5.41, 5.74) is -1.13. The summed E-state index contributed by atoms with van der Waals surface area (Å²) in [6, 6.07) is 0. The van der Waals surface area contributed by atoms with E-state index < -0.39 is 33.7 Å². The number of aliphatic hydroxyl groups is 1. The van der Waals surface area contributed by atoms with Crippen molar-refractivity contribution in [1.29, 1.82) is 0 Å². The molecule has 6 heteroatoms. The van der Waals surface area contributed by atoms with Crippen LogP contribution in [0.1, 0.15) is 93.4 Å². The summed E-state index contributed by atoms with van der Waals surface area (Å²) < 4.78 is 0. The van der Waals surface area contributed by atoms with Crippen LogP contribution in [0.25, 0.3) is 0 Å². The van der Waals surface area contributed by atoms with Crippen LogP contribution in [-0.4, -0.2) is 39.6 Å². The number of carboxylic acids is 1. The second-order valence-corrected chi connectivity index (χ2v) is 13.3. The fourth-order valence-corrected chi connectivity index (χ4v) is 8.77. The Bertz CT molecular complexity index is 1090. The van der Waals surface area contributed by atoms with Crippen molar-refractivity contribution in [3.63, 3.8) is 0 Å². The molecule has 0 aromatic heterocycles. The van der Waals surface area contributed by atoms with Crippen molar-refractivity contribution in [3.05, 3.63) is 22.8 Å². The summed E-state index contributed by atoms with van der Waals surface area (Å²) >= 11 is 0. The molecule has 4 rings (SSSR count). The number of aliphatic hydroxyl groups excluding tert-OH is 1. The van der Waals surface area contributed by atoms with Gasteiger partial charge in [-0.15, -0.1) is 0 Å². The highest BCUT2D eigenvalue weighted by atomic mass is 16.4. The molecule has 7 atom stereocenters. The molecule has 2 fully saturated rings. The molecule has 1 unspecified atom stereocenters. The molecular weight excluding hydrogens is 456 g/mol. The molecule has 0 radical (unpaired) electrons. The zero-order valence-corrected chi connectivity index (χ0v) is 22.9. The van der Waals surface area contributed by atoms with Crippen molar-refractivity contribution in [2.45, 2.75) is 99.5 Å². The maximum atomic E-state index is 14.0. The van der Waals surface area contributed by atoms with Crippen LogP contribution >= 0.6 is 0 Å². The number of carbonyl (C=O) groups is 4. The SMILES string of the molecule is CC(=CCC[C@@H](C)[C@H]1CC(=O)[C@@]2(C)C3=C(C(=O)C[C@]12C)[C@@]1(C)CCC(=O)C(C)(C)C1C[C@@H]3O)C(=O)O. The Morgan fingerprint density at radius 1 is 1.11 bits per heavy atom. The van der Waals surface area contributed by atoms with Gasteiger partial charge in [0.1, 0.15) is 11.6 Å². The molecule has 0 saturated heterocycles. The molecule has 4 aliphatic carbocycles. The van der Waals surface area contributed by atoms with Gasteiger partial charge in [-0.05, 0) is 68.3 Å². The summed E-state index contributed by atoms with van der Waals surface area (Å²) in [7, 11) is 0. The van der Waals surface area contributed by atoms with Gasteiger partial charge in [0.2, 0.25) is 0 Å². The molecule has 6 nitrogen and oxygen atoms in total. The summed E-state index contributed by atoms with van der Waals surface area (Å²) in [4.78, 5) is 51.9. The first-order chi connectivity index (χ1) is 16.5. The van der Waals surface area contributed by atoms with Crippen molar-refractivity contribution < 1.29 is 29.4 Å². The highest BCUT2D eigenvalue weighted by Gasteiger charge is 2.70. The molecule has 2 saturated carbocycles. The average molecular weight is 499 g/mol. The quantitative estimate of drug-likeness (QED) is 0.512. The number of hydrogen-bond acceptors (Lipinski definition) is 5. The van der Waals surface area contributed by atoms with Crippen LogP contribution in [0.5, 0.6) is 0 Å². The molecule has 2 N–H and O–H groups in total. The number of ketones is 3. The minimum atomic E-state index is -0.930. The summed E-state index contributed by atoms with van der Waals surface area (Å²) in [6.45, 7) is 13.6. The van der Waals surface area contributed by atoms with Gasteiger partial charge in [0.25, 0.3) is 0 Å². The first-order valence-corrected chi connectivity index (χ1v) is 13.5. The van der Waals surface area contributed by atoms with Gasteiger partial charge in [0, 0.05) is 41.2 Å². The Balaban J connectivity index is 1.76. The van der Waals surface area contributed by atoms with E-state index in [-0.39, 0.29) is 41.5 Å². The van der Waals surface area contributed by atoms with Crippen molar-refractivity contribution in [1.82, 2.24) is 0 Å². The molecule has 0 bridgehead atoms. The zero-order chi connectivity index (χ0) is 27.0. The lowest BCUT2D eigenvalue weighted by atomic mass is 9.42. The van der Waals surface area contributed by atoms with E-state index in [1.807, 2.05) is 20.8 Å². The highest BCUT2D eigenvalue weighted by Crippen LogP contribution is 2.70. The van der Waals surface area contributed by atoms with Gasteiger partial charge < -0.3 is 10.2 Å². The normalized spacial score (nSPS) is 41.1.